The van der Waals surface area contributed by atoms with Crippen LogP contribution in [0.1, 0.15) is 18.6 Å². The largest absolute Gasteiger partial charge is 0.466 e. The highest BCUT2D eigenvalue weighted by molar-refractivity contribution is 5.74. The van der Waals surface area contributed by atoms with Gasteiger partial charge in [-0.1, -0.05) is 12.2 Å². The molecule has 1 aromatic rings. The number of fused-ring (bicyclic) bond motifs is 2. The highest BCUT2D eigenvalue weighted by Crippen LogP contribution is 2.43. The third-order valence-corrected chi connectivity index (χ3v) is 3.52. The number of hydrogen-bond acceptors (Lipinski definition) is 3. The minimum atomic E-state index is -0.0757. The van der Waals surface area contributed by atoms with Crippen LogP contribution in [0.5, 0.6) is 0 Å². The van der Waals surface area contributed by atoms with Crippen LogP contribution in [0.15, 0.2) is 35.0 Å². The van der Waals surface area contributed by atoms with E-state index in [9.17, 15) is 4.79 Å². The van der Waals surface area contributed by atoms with Crippen molar-refractivity contribution in [3.8, 4) is 0 Å². The summed E-state index contributed by atoms with van der Waals surface area (Å²) in [6.45, 7) is 0.253. The molecule has 3 rings (SSSR count). The Labute approximate surface area is 94.1 Å². The predicted molar refractivity (Wildman–Crippen MR) is 57.3 cm³/mol. The highest BCUT2D eigenvalue weighted by atomic mass is 16.5. The summed E-state index contributed by atoms with van der Waals surface area (Å²) in [7, 11) is 0. The van der Waals surface area contributed by atoms with Gasteiger partial charge in [-0.15, -0.1) is 0 Å². The Hall–Kier alpha value is -1.51. The SMILES string of the molecule is O=C(OCc1ccco1)[C@H]1C[C@@H]2C=C[C@H]1C2. The fraction of sp³-hybridized carbons (Fsp3) is 0.462. The second kappa shape index (κ2) is 3.81. The van der Waals surface area contributed by atoms with Crippen LogP contribution in [-0.4, -0.2) is 5.97 Å². The Morgan fingerprint density at radius 2 is 2.38 bits per heavy atom. The number of hydrogen-bond donors (Lipinski definition) is 0. The molecule has 2 aliphatic rings. The van der Waals surface area contributed by atoms with Crippen molar-refractivity contribution in [1.29, 1.82) is 0 Å². The fourth-order valence-corrected chi connectivity index (χ4v) is 2.70. The van der Waals surface area contributed by atoms with Gasteiger partial charge < -0.3 is 9.15 Å². The lowest BCUT2D eigenvalue weighted by atomic mass is 9.94. The molecule has 1 aromatic heterocycles. The van der Waals surface area contributed by atoms with Crippen LogP contribution < -0.4 is 0 Å². The first-order valence-corrected chi connectivity index (χ1v) is 5.70. The van der Waals surface area contributed by atoms with Crippen molar-refractivity contribution >= 4 is 5.97 Å². The van der Waals surface area contributed by atoms with E-state index in [-0.39, 0.29) is 18.5 Å². The molecule has 3 nitrogen and oxygen atoms in total. The topological polar surface area (TPSA) is 39.4 Å². The Balaban J connectivity index is 1.56. The van der Waals surface area contributed by atoms with Gasteiger partial charge in [-0.05, 0) is 36.8 Å². The van der Waals surface area contributed by atoms with E-state index in [2.05, 4.69) is 12.2 Å². The van der Waals surface area contributed by atoms with E-state index in [0.717, 1.165) is 12.8 Å². The smallest absolute Gasteiger partial charge is 0.309 e. The molecule has 3 atom stereocenters. The molecule has 0 amide bonds. The van der Waals surface area contributed by atoms with Crippen molar-refractivity contribution in [3.05, 3.63) is 36.3 Å². The first-order valence-electron chi connectivity index (χ1n) is 5.70. The maximum atomic E-state index is 11.8. The van der Waals surface area contributed by atoms with E-state index in [4.69, 9.17) is 9.15 Å². The van der Waals surface area contributed by atoms with Crippen LogP contribution in [0.25, 0.3) is 0 Å². The van der Waals surface area contributed by atoms with Crippen molar-refractivity contribution in [3.63, 3.8) is 0 Å². The molecule has 0 unspecified atom stereocenters. The van der Waals surface area contributed by atoms with Crippen molar-refractivity contribution in [2.75, 3.05) is 0 Å². The molecular formula is C13H14O3. The average Bonchev–Trinajstić information content (AvgIpc) is 3.01. The summed E-state index contributed by atoms with van der Waals surface area (Å²) >= 11 is 0. The van der Waals surface area contributed by atoms with E-state index in [1.807, 2.05) is 6.07 Å². The number of ether oxygens (including phenoxy) is 1. The van der Waals surface area contributed by atoms with Gasteiger partial charge in [0.25, 0.3) is 0 Å². The molecule has 16 heavy (non-hydrogen) atoms. The van der Waals surface area contributed by atoms with Crippen molar-refractivity contribution in [2.24, 2.45) is 17.8 Å². The lowest BCUT2D eigenvalue weighted by Gasteiger charge is -2.15. The van der Waals surface area contributed by atoms with Gasteiger partial charge in [0.1, 0.15) is 12.4 Å². The predicted octanol–water partition coefficient (Wildman–Crippen LogP) is 2.54. The zero-order chi connectivity index (χ0) is 11.0. The van der Waals surface area contributed by atoms with Gasteiger partial charge in [0.15, 0.2) is 0 Å². The molecule has 0 aromatic carbocycles. The molecule has 0 saturated heterocycles. The summed E-state index contributed by atoms with van der Waals surface area (Å²) in [4.78, 5) is 11.8. The molecule has 0 aliphatic heterocycles. The van der Waals surface area contributed by atoms with Crippen LogP contribution in [0.2, 0.25) is 0 Å². The van der Waals surface area contributed by atoms with Gasteiger partial charge in [0.05, 0.1) is 12.2 Å². The molecule has 0 radical (unpaired) electrons. The lowest BCUT2D eigenvalue weighted by Crippen LogP contribution is -2.21. The summed E-state index contributed by atoms with van der Waals surface area (Å²) in [6, 6.07) is 3.61. The van der Waals surface area contributed by atoms with Crippen LogP contribution >= 0.6 is 0 Å². The number of furan rings is 1. The highest BCUT2D eigenvalue weighted by Gasteiger charge is 2.40. The first-order chi connectivity index (χ1) is 7.83. The van der Waals surface area contributed by atoms with Gasteiger partial charge >= 0.3 is 5.97 Å². The van der Waals surface area contributed by atoms with Gasteiger partial charge in [-0.2, -0.15) is 0 Å². The van der Waals surface area contributed by atoms with E-state index in [1.165, 1.54) is 0 Å². The number of esters is 1. The van der Waals surface area contributed by atoms with Gasteiger partial charge in [-0.3, -0.25) is 4.79 Å². The van der Waals surface area contributed by atoms with E-state index < -0.39 is 0 Å². The molecule has 0 spiro atoms. The second-order valence-electron chi connectivity index (χ2n) is 4.57. The van der Waals surface area contributed by atoms with Gasteiger partial charge in [-0.25, -0.2) is 0 Å². The Bertz CT molecular complexity index is 405. The molecule has 1 heterocycles. The quantitative estimate of drug-likeness (QED) is 0.578. The summed E-state index contributed by atoms with van der Waals surface area (Å²) < 4.78 is 10.4. The first kappa shape index (κ1) is 9.70. The molecule has 3 heteroatoms. The average molecular weight is 218 g/mol. The zero-order valence-electron chi connectivity index (χ0n) is 8.96. The summed E-state index contributed by atoms with van der Waals surface area (Å²) in [6.07, 6.45) is 8.05. The summed E-state index contributed by atoms with van der Waals surface area (Å²) in [5.41, 5.74) is 0. The van der Waals surface area contributed by atoms with Crippen LogP contribution in [-0.2, 0) is 16.1 Å². The number of allylic oxidation sites excluding steroid dienone is 2. The van der Waals surface area contributed by atoms with E-state index in [1.54, 1.807) is 12.3 Å². The van der Waals surface area contributed by atoms with E-state index in [0.29, 0.717) is 17.6 Å². The zero-order valence-corrected chi connectivity index (χ0v) is 8.96. The number of carbonyl (C=O) groups is 1. The standard InChI is InChI=1S/C13H14O3/c14-13(16-8-11-2-1-5-15-11)12-7-9-3-4-10(12)6-9/h1-5,9-10,12H,6-8H2/t9-,10+,12+/m1/s1. The van der Waals surface area contributed by atoms with Crippen LogP contribution in [0.3, 0.4) is 0 Å². The maximum absolute atomic E-state index is 11.8. The lowest BCUT2D eigenvalue weighted by molar-refractivity contribution is -0.151. The Kier molecular flexibility index (Phi) is 2.31. The van der Waals surface area contributed by atoms with Crippen molar-refractivity contribution < 1.29 is 13.9 Å². The molecule has 1 fully saturated rings. The van der Waals surface area contributed by atoms with Crippen molar-refractivity contribution in [1.82, 2.24) is 0 Å². The molecular weight excluding hydrogens is 204 g/mol. The van der Waals surface area contributed by atoms with Gasteiger partial charge in [0, 0.05) is 0 Å². The minimum absolute atomic E-state index is 0.0740. The Morgan fingerprint density at radius 3 is 3.00 bits per heavy atom. The molecule has 1 saturated carbocycles. The second-order valence-corrected chi connectivity index (χ2v) is 4.57. The van der Waals surface area contributed by atoms with E-state index >= 15 is 0 Å². The molecule has 2 bridgehead atoms. The summed E-state index contributed by atoms with van der Waals surface area (Å²) in [5, 5.41) is 0. The Morgan fingerprint density at radius 1 is 1.44 bits per heavy atom. The third-order valence-electron chi connectivity index (χ3n) is 3.52. The molecule has 0 N–H and O–H groups in total. The monoisotopic (exact) mass is 218 g/mol. The number of carbonyl (C=O) groups excluding carboxylic acids is 1. The molecule has 84 valence electrons. The maximum Gasteiger partial charge on any atom is 0.309 e. The fourth-order valence-electron chi connectivity index (χ4n) is 2.70. The minimum Gasteiger partial charge on any atom is -0.466 e. The van der Waals surface area contributed by atoms with Crippen LogP contribution in [0, 0.1) is 17.8 Å². The van der Waals surface area contributed by atoms with Crippen molar-refractivity contribution in [2.45, 2.75) is 19.4 Å². The van der Waals surface area contributed by atoms with Gasteiger partial charge in [0.2, 0.25) is 0 Å². The normalized spacial score (nSPS) is 30.9. The van der Waals surface area contributed by atoms with Crippen LogP contribution in [0.4, 0.5) is 0 Å². The summed E-state index contributed by atoms with van der Waals surface area (Å²) in [5.74, 6) is 1.71. The number of rotatable bonds is 3. The third kappa shape index (κ3) is 1.66. The molecule has 2 aliphatic carbocycles.